The van der Waals surface area contributed by atoms with E-state index in [1.165, 1.54) is 11.6 Å². The minimum atomic E-state index is -0.509. The van der Waals surface area contributed by atoms with Crippen LogP contribution >= 0.6 is 0 Å². The van der Waals surface area contributed by atoms with Crippen molar-refractivity contribution in [2.75, 3.05) is 32.5 Å². The van der Waals surface area contributed by atoms with Crippen LogP contribution in [0, 0.1) is 0 Å². The average molecular weight is 432 g/mol. The van der Waals surface area contributed by atoms with E-state index in [9.17, 15) is 9.59 Å². The summed E-state index contributed by atoms with van der Waals surface area (Å²) in [5.41, 5.74) is 1.75. The van der Waals surface area contributed by atoms with Gasteiger partial charge < -0.3 is 10.2 Å². The Kier molecular flexibility index (Phi) is 6.04. The summed E-state index contributed by atoms with van der Waals surface area (Å²) in [4.78, 5) is 36.1. The SMILES string of the molecule is CN(C)CCNc1ccc(-c2nnc3c(n2)c(=O)n(C)c(=O)n3Cc2cccnc2)cc1. The first kappa shape index (κ1) is 21.3. The van der Waals surface area contributed by atoms with Gasteiger partial charge in [-0.05, 0) is 50.0 Å². The molecule has 0 aliphatic carbocycles. The second kappa shape index (κ2) is 9.06. The number of hydrogen-bond donors (Lipinski definition) is 1. The fraction of sp³-hybridized carbons (Fsp3) is 0.273. The molecule has 4 rings (SSSR count). The van der Waals surface area contributed by atoms with E-state index in [1.807, 2.05) is 44.4 Å². The van der Waals surface area contributed by atoms with Crippen LogP contribution in [0.3, 0.4) is 0 Å². The first-order valence-corrected chi connectivity index (χ1v) is 10.2. The van der Waals surface area contributed by atoms with Crippen molar-refractivity contribution in [1.29, 1.82) is 0 Å². The zero-order valence-corrected chi connectivity index (χ0v) is 18.2. The second-order valence-corrected chi connectivity index (χ2v) is 7.71. The highest BCUT2D eigenvalue weighted by atomic mass is 16.2. The molecule has 0 saturated carbocycles. The van der Waals surface area contributed by atoms with Crippen LogP contribution in [0.1, 0.15) is 5.56 Å². The van der Waals surface area contributed by atoms with E-state index >= 15 is 0 Å². The van der Waals surface area contributed by atoms with Crippen LogP contribution in [0.2, 0.25) is 0 Å². The third-order valence-corrected chi connectivity index (χ3v) is 5.04. The van der Waals surface area contributed by atoms with E-state index in [0.29, 0.717) is 5.82 Å². The highest BCUT2D eigenvalue weighted by Crippen LogP contribution is 2.18. The maximum Gasteiger partial charge on any atom is 0.332 e. The molecule has 3 heterocycles. The van der Waals surface area contributed by atoms with Gasteiger partial charge in [0.2, 0.25) is 0 Å². The summed E-state index contributed by atoms with van der Waals surface area (Å²) in [6, 6.07) is 11.2. The van der Waals surface area contributed by atoms with E-state index in [4.69, 9.17) is 0 Å². The standard InChI is InChI=1S/C22H24N8O2/c1-28(2)12-11-24-17-8-6-16(7-9-17)19-25-18-20(27-26-19)30(22(32)29(3)21(18)31)14-15-5-4-10-23-13-15/h4-10,13,24H,11-12,14H2,1-3H3. The fourth-order valence-electron chi connectivity index (χ4n) is 3.26. The van der Waals surface area contributed by atoms with Gasteiger partial charge in [0.1, 0.15) is 0 Å². The van der Waals surface area contributed by atoms with Gasteiger partial charge in [-0.25, -0.2) is 9.78 Å². The van der Waals surface area contributed by atoms with Gasteiger partial charge in [0.25, 0.3) is 5.56 Å². The number of likely N-dealkylation sites (N-methyl/N-ethyl adjacent to an activating group) is 1. The van der Waals surface area contributed by atoms with Crippen molar-refractivity contribution < 1.29 is 0 Å². The molecule has 0 unspecified atom stereocenters. The predicted octanol–water partition coefficient (Wildman–Crippen LogP) is 0.969. The van der Waals surface area contributed by atoms with Crippen molar-refractivity contribution >= 4 is 16.9 Å². The van der Waals surface area contributed by atoms with Crippen LogP contribution in [0.4, 0.5) is 5.69 Å². The molecular formula is C22H24N8O2. The predicted molar refractivity (Wildman–Crippen MR) is 123 cm³/mol. The lowest BCUT2D eigenvalue weighted by Crippen LogP contribution is -2.39. The smallest absolute Gasteiger partial charge is 0.332 e. The molecule has 4 aromatic rings. The number of nitrogens with zero attached hydrogens (tertiary/aromatic N) is 7. The Morgan fingerprint density at radius 3 is 2.53 bits per heavy atom. The average Bonchev–Trinajstić information content (AvgIpc) is 2.81. The van der Waals surface area contributed by atoms with Gasteiger partial charge in [-0.15, -0.1) is 10.2 Å². The lowest BCUT2D eigenvalue weighted by molar-refractivity contribution is 0.425. The Hall–Kier alpha value is -3.92. The van der Waals surface area contributed by atoms with E-state index in [2.05, 4.69) is 30.4 Å². The number of anilines is 1. The van der Waals surface area contributed by atoms with Gasteiger partial charge in [-0.2, -0.15) is 0 Å². The Bertz CT molecular complexity index is 1340. The molecule has 164 valence electrons. The van der Waals surface area contributed by atoms with Gasteiger partial charge in [-0.3, -0.25) is 18.9 Å². The summed E-state index contributed by atoms with van der Waals surface area (Å²) in [6.07, 6.45) is 3.31. The van der Waals surface area contributed by atoms with Gasteiger partial charge in [0.05, 0.1) is 6.54 Å². The van der Waals surface area contributed by atoms with Gasteiger partial charge in [-0.1, -0.05) is 6.07 Å². The van der Waals surface area contributed by atoms with Crippen LogP contribution in [0.5, 0.6) is 0 Å². The summed E-state index contributed by atoms with van der Waals surface area (Å²) in [5, 5.41) is 11.7. The molecule has 0 bridgehead atoms. The quantitative estimate of drug-likeness (QED) is 0.460. The van der Waals surface area contributed by atoms with E-state index in [0.717, 1.165) is 34.5 Å². The minimum absolute atomic E-state index is 0.0918. The van der Waals surface area contributed by atoms with Crippen molar-refractivity contribution in [3.8, 4) is 11.4 Å². The van der Waals surface area contributed by atoms with Gasteiger partial charge in [0, 0.05) is 43.8 Å². The number of aromatic nitrogens is 6. The van der Waals surface area contributed by atoms with Crippen molar-refractivity contribution in [1.82, 2.24) is 34.2 Å². The van der Waals surface area contributed by atoms with Crippen LogP contribution in [-0.2, 0) is 13.6 Å². The van der Waals surface area contributed by atoms with Crippen LogP contribution in [0.25, 0.3) is 22.6 Å². The third kappa shape index (κ3) is 4.40. The van der Waals surface area contributed by atoms with E-state index in [-0.39, 0.29) is 17.7 Å². The molecule has 0 spiro atoms. The second-order valence-electron chi connectivity index (χ2n) is 7.71. The topological polar surface area (TPSA) is 111 Å². The number of pyridine rings is 1. The Morgan fingerprint density at radius 2 is 1.84 bits per heavy atom. The van der Waals surface area contributed by atoms with Crippen LogP contribution in [0.15, 0.2) is 58.4 Å². The number of hydrogen-bond acceptors (Lipinski definition) is 8. The summed E-state index contributed by atoms with van der Waals surface area (Å²) < 4.78 is 2.42. The lowest BCUT2D eigenvalue weighted by atomic mass is 10.2. The normalized spacial score (nSPS) is 11.2. The van der Waals surface area contributed by atoms with E-state index < -0.39 is 11.2 Å². The van der Waals surface area contributed by atoms with E-state index in [1.54, 1.807) is 18.5 Å². The third-order valence-electron chi connectivity index (χ3n) is 5.04. The molecule has 0 amide bonds. The molecule has 0 fully saturated rings. The van der Waals surface area contributed by atoms with Gasteiger partial charge in [0.15, 0.2) is 17.0 Å². The lowest BCUT2D eigenvalue weighted by Gasteiger charge is -2.12. The Morgan fingerprint density at radius 1 is 1.06 bits per heavy atom. The molecule has 0 aliphatic heterocycles. The molecule has 1 aromatic carbocycles. The first-order chi connectivity index (χ1) is 15.4. The Balaban J connectivity index is 1.70. The maximum atomic E-state index is 12.8. The summed E-state index contributed by atoms with van der Waals surface area (Å²) in [5.74, 6) is 0.320. The fourth-order valence-corrected chi connectivity index (χ4v) is 3.26. The highest BCUT2D eigenvalue weighted by molar-refractivity contribution is 5.71. The van der Waals surface area contributed by atoms with Crippen LogP contribution in [-0.4, -0.2) is 61.4 Å². The van der Waals surface area contributed by atoms with Crippen molar-refractivity contribution in [3.05, 3.63) is 75.2 Å². The Labute approximate surface area is 184 Å². The van der Waals surface area contributed by atoms with Crippen molar-refractivity contribution in [2.45, 2.75) is 6.54 Å². The summed E-state index contributed by atoms with van der Waals surface area (Å²) >= 11 is 0. The van der Waals surface area contributed by atoms with Crippen molar-refractivity contribution in [2.24, 2.45) is 7.05 Å². The number of benzene rings is 1. The van der Waals surface area contributed by atoms with Crippen molar-refractivity contribution in [3.63, 3.8) is 0 Å². The summed E-state index contributed by atoms with van der Waals surface area (Å²) in [6.45, 7) is 1.95. The monoisotopic (exact) mass is 432 g/mol. The molecule has 32 heavy (non-hydrogen) atoms. The molecule has 0 atom stereocenters. The number of nitrogens with one attached hydrogen (secondary N) is 1. The zero-order chi connectivity index (χ0) is 22.7. The molecule has 3 aromatic heterocycles. The summed E-state index contributed by atoms with van der Waals surface area (Å²) in [7, 11) is 5.48. The van der Waals surface area contributed by atoms with Gasteiger partial charge >= 0.3 is 5.69 Å². The van der Waals surface area contributed by atoms with Crippen LogP contribution < -0.4 is 16.6 Å². The zero-order valence-electron chi connectivity index (χ0n) is 18.2. The molecule has 0 aliphatic rings. The first-order valence-electron chi connectivity index (χ1n) is 10.2. The molecule has 10 heteroatoms. The molecular weight excluding hydrogens is 408 g/mol. The largest absolute Gasteiger partial charge is 0.384 e. The number of rotatable bonds is 7. The molecule has 10 nitrogen and oxygen atoms in total. The highest BCUT2D eigenvalue weighted by Gasteiger charge is 2.16. The molecule has 1 N–H and O–H groups in total. The number of fused-ring (bicyclic) bond motifs is 1. The molecule has 0 saturated heterocycles. The maximum absolute atomic E-state index is 12.8. The molecule has 0 radical (unpaired) electrons. The minimum Gasteiger partial charge on any atom is -0.384 e.